The Balaban J connectivity index is 0.00000153. The van der Waals surface area contributed by atoms with Crippen LogP contribution in [0.1, 0.15) is 81.1 Å². The molecule has 0 radical (unpaired) electrons. The molecule has 0 N–H and O–H groups in total. The van der Waals surface area contributed by atoms with Crippen LogP contribution < -0.4 is 0 Å². The third-order valence-electron chi connectivity index (χ3n) is 7.70. The fourth-order valence-corrected chi connectivity index (χ4v) is 4.38. The summed E-state index contributed by atoms with van der Waals surface area (Å²) in [5.74, 6) is 1.14. The Morgan fingerprint density at radius 2 is 0.784 bits per heavy atom. The molecule has 2 aromatic carbocycles. The standard InChI is InChI=1S/C29H37N5.2ClH.Fe/c1-14-16(3)20(7)26(21(8)17(14)4)32-24(11)28-30-13-31-29(34-28)25(12)33-27-22(9)18(5)15(2)19(6)23(27)10;;;/h13H,1-12H3;2*1H;/q;;;+2/p-2. The Morgan fingerprint density at radius 3 is 1.05 bits per heavy atom. The van der Waals surface area contributed by atoms with Crippen LogP contribution in [-0.2, 0) is 13.1 Å². The number of benzene rings is 2. The van der Waals surface area contributed by atoms with Gasteiger partial charge in [0.1, 0.15) is 6.33 Å². The molecule has 0 atom stereocenters. The van der Waals surface area contributed by atoms with Crippen LogP contribution in [0.4, 0.5) is 11.4 Å². The van der Waals surface area contributed by atoms with Crippen LogP contribution in [-0.4, -0.2) is 26.4 Å². The molecule has 0 aliphatic carbocycles. The molecule has 0 saturated carbocycles. The second kappa shape index (κ2) is 13.1. The van der Waals surface area contributed by atoms with Crippen LogP contribution in [0.2, 0.25) is 0 Å². The van der Waals surface area contributed by atoms with Gasteiger partial charge in [-0.15, -0.1) is 0 Å². The van der Waals surface area contributed by atoms with Gasteiger partial charge in [0, 0.05) is 0 Å². The topological polar surface area (TPSA) is 63.4 Å². The quantitative estimate of drug-likeness (QED) is 0.229. The van der Waals surface area contributed by atoms with Crippen LogP contribution in [0.15, 0.2) is 16.3 Å². The molecule has 37 heavy (non-hydrogen) atoms. The van der Waals surface area contributed by atoms with Crippen LogP contribution in [0, 0.1) is 69.2 Å². The van der Waals surface area contributed by atoms with Crippen molar-refractivity contribution in [3.63, 3.8) is 0 Å². The van der Waals surface area contributed by atoms with E-state index in [-0.39, 0.29) is 13.1 Å². The monoisotopic (exact) mass is 581 g/mol. The van der Waals surface area contributed by atoms with E-state index >= 15 is 0 Å². The van der Waals surface area contributed by atoms with E-state index in [1.54, 1.807) is 6.33 Å². The molecule has 0 aliphatic rings. The first-order valence-electron chi connectivity index (χ1n) is 12.1. The predicted octanol–water partition coefficient (Wildman–Crippen LogP) is 8.61. The van der Waals surface area contributed by atoms with Gasteiger partial charge in [0.2, 0.25) is 0 Å². The Hall–Kier alpha value is -2.11. The average Bonchev–Trinajstić information content (AvgIpc) is 2.89. The summed E-state index contributed by atoms with van der Waals surface area (Å²) in [6.07, 6.45) is 1.55. The van der Waals surface area contributed by atoms with Crippen LogP contribution in [0.3, 0.4) is 0 Å². The van der Waals surface area contributed by atoms with E-state index < -0.39 is 0 Å². The first-order chi connectivity index (χ1) is 17.3. The molecule has 3 rings (SSSR count). The number of rotatable bonds is 4. The molecule has 1 aromatic heterocycles. The summed E-state index contributed by atoms with van der Waals surface area (Å²) in [7, 11) is 9.53. The molecule has 0 amide bonds. The van der Waals surface area contributed by atoms with Crippen molar-refractivity contribution in [1.82, 2.24) is 15.0 Å². The van der Waals surface area contributed by atoms with E-state index in [1.807, 2.05) is 13.8 Å². The maximum atomic E-state index is 4.96. The predicted molar refractivity (Wildman–Crippen MR) is 156 cm³/mol. The van der Waals surface area contributed by atoms with Gasteiger partial charge in [0.15, 0.2) is 11.6 Å². The van der Waals surface area contributed by atoms with Gasteiger partial charge in [-0.1, -0.05) is 0 Å². The fourth-order valence-electron chi connectivity index (χ4n) is 4.38. The molecule has 8 heteroatoms. The summed E-state index contributed by atoms with van der Waals surface area (Å²) in [6, 6.07) is 0. The molecule has 0 aliphatic heterocycles. The number of hydrogen-bond acceptors (Lipinski definition) is 5. The Bertz CT molecular complexity index is 1240. The van der Waals surface area contributed by atoms with E-state index in [1.165, 1.54) is 55.6 Å². The summed E-state index contributed by atoms with van der Waals surface area (Å²) < 4.78 is 0. The van der Waals surface area contributed by atoms with Gasteiger partial charge in [-0.25, -0.2) is 24.9 Å². The first kappa shape index (κ1) is 31.1. The summed E-state index contributed by atoms with van der Waals surface area (Å²) in [5.41, 5.74) is 16.1. The maximum absolute atomic E-state index is 4.96. The normalized spacial score (nSPS) is 12.1. The molecule has 0 fully saturated rings. The van der Waals surface area contributed by atoms with Crippen molar-refractivity contribution in [2.24, 2.45) is 9.98 Å². The first-order valence-corrected chi connectivity index (χ1v) is 15.1. The SMILES string of the molecule is CC(=Nc1c(C)c(C)c(C)c(C)c1C)c1ncnc(C(C)=Nc2c(C)c(C)c(C)c(C)c2C)n1.[Cl][Fe][Cl]. The molecule has 1 heterocycles. The van der Waals surface area contributed by atoms with Crippen molar-refractivity contribution < 1.29 is 13.1 Å². The van der Waals surface area contributed by atoms with Gasteiger partial charge in [-0.2, -0.15) is 0 Å². The number of aromatic nitrogens is 3. The Morgan fingerprint density at radius 1 is 0.541 bits per heavy atom. The van der Waals surface area contributed by atoms with E-state index in [9.17, 15) is 0 Å². The van der Waals surface area contributed by atoms with E-state index in [0.717, 1.165) is 22.8 Å². The van der Waals surface area contributed by atoms with E-state index in [0.29, 0.717) is 11.6 Å². The van der Waals surface area contributed by atoms with Crippen LogP contribution >= 0.6 is 20.2 Å². The van der Waals surface area contributed by atoms with Crippen LogP contribution in [0.25, 0.3) is 0 Å². The summed E-state index contributed by atoms with van der Waals surface area (Å²) in [5, 5.41) is 0. The summed E-state index contributed by atoms with van der Waals surface area (Å²) in [4.78, 5) is 23.5. The van der Waals surface area contributed by atoms with Gasteiger partial charge < -0.3 is 0 Å². The van der Waals surface area contributed by atoms with Gasteiger partial charge in [0.05, 0.1) is 22.8 Å². The zero-order valence-corrected chi connectivity index (χ0v) is 26.5. The molecule has 3 aromatic rings. The molecule has 0 unspecified atom stereocenters. The van der Waals surface area contributed by atoms with Crippen LogP contribution in [0.5, 0.6) is 0 Å². The van der Waals surface area contributed by atoms with Crippen molar-refractivity contribution in [2.75, 3.05) is 0 Å². The molecular weight excluding hydrogens is 545 g/mol. The van der Waals surface area contributed by atoms with Crippen molar-refractivity contribution in [2.45, 2.75) is 83.1 Å². The number of hydrogen-bond donors (Lipinski definition) is 0. The van der Waals surface area contributed by atoms with Crippen molar-refractivity contribution >= 4 is 43.0 Å². The average molecular weight is 582 g/mol. The Kier molecular flexibility index (Phi) is 11.0. The summed E-state index contributed by atoms with van der Waals surface area (Å²) in [6.45, 7) is 25.4. The molecule has 5 nitrogen and oxygen atoms in total. The number of aliphatic imine (C=N–C) groups is 2. The van der Waals surface area contributed by atoms with Crippen molar-refractivity contribution in [3.05, 3.63) is 73.6 Å². The molecule has 0 spiro atoms. The summed E-state index contributed by atoms with van der Waals surface area (Å²) >= 11 is 0.194. The zero-order valence-electron chi connectivity index (χ0n) is 23.9. The van der Waals surface area contributed by atoms with Crippen molar-refractivity contribution in [3.8, 4) is 0 Å². The van der Waals surface area contributed by atoms with Crippen molar-refractivity contribution in [1.29, 1.82) is 0 Å². The van der Waals surface area contributed by atoms with E-state index in [2.05, 4.69) is 79.2 Å². The molecule has 0 bridgehead atoms. The Labute approximate surface area is 236 Å². The third-order valence-corrected chi connectivity index (χ3v) is 7.70. The molecule has 0 saturated heterocycles. The van der Waals surface area contributed by atoms with Gasteiger partial charge in [0.25, 0.3) is 0 Å². The third kappa shape index (κ3) is 6.67. The number of nitrogens with zero attached hydrogens (tertiary/aromatic N) is 5. The fraction of sp³-hybridized carbons (Fsp3) is 0.414. The van der Waals surface area contributed by atoms with Gasteiger partial charge in [-0.05, 0) is 139 Å². The molecular formula is C29H37Cl2FeN5. The zero-order chi connectivity index (χ0) is 28.2. The molecule has 200 valence electrons. The minimum atomic E-state index is 0.194. The van der Waals surface area contributed by atoms with Gasteiger partial charge in [-0.3, -0.25) is 0 Å². The number of halogens is 2. The second-order valence-electron chi connectivity index (χ2n) is 9.52. The minimum absolute atomic E-state index is 0.194. The van der Waals surface area contributed by atoms with Gasteiger partial charge >= 0.3 is 33.3 Å². The second-order valence-corrected chi connectivity index (χ2v) is 11.3. The van der Waals surface area contributed by atoms with E-state index in [4.69, 9.17) is 35.2 Å².